The van der Waals surface area contributed by atoms with Crippen LogP contribution in [0.25, 0.3) is 0 Å². The van der Waals surface area contributed by atoms with Gasteiger partial charge in [-0.1, -0.05) is 22.9 Å². The fourth-order valence-electron chi connectivity index (χ4n) is 2.22. The van der Waals surface area contributed by atoms with Crippen molar-refractivity contribution in [2.45, 2.75) is 38.8 Å². The van der Waals surface area contributed by atoms with Gasteiger partial charge in [0.2, 0.25) is 0 Å². The minimum atomic E-state index is 0.777. The van der Waals surface area contributed by atoms with E-state index in [0.29, 0.717) is 0 Å². The van der Waals surface area contributed by atoms with E-state index < -0.39 is 0 Å². The van der Waals surface area contributed by atoms with Crippen LogP contribution in [0.1, 0.15) is 31.7 Å². The van der Waals surface area contributed by atoms with Crippen LogP contribution in [0, 0.1) is 0 Å². The molecule has 1 aliphatic carbocycles. The molecule has 0 amide bonds. The molecule has 112 valence electrons. The van der Waals surface area contributed by atoms with Gasteiger partial charge in [0.25, 0.3) is 0 Å². The normalized spacial score (nSPS) is 14.8. The first kappa shape index (κ1) is 15.8. The zero-order valence-corrected chi connectivity index (χ0v) is 14.1. The predicted molar refractivity (Wildman–Crippen MR) is 87.3 cm³/mol. The Bertz CT molecular complexity index is 421. The second kappa shape index (κ2) is 8.01. The maximum Gasteiger partial charge on any atom is 0.123 e. The van der Waals surface area contributed by atoms with E-state index in [4.69, 9.17) is 4.74 Å². The van der Waals surface area contributed by atoms with Gasteiger partial charge in [0.1, 0.15) is 5.75 Å². The summed E-state index contributed by atoms with van der Waals surface area (Å²) in [5.41, 5.74) is 1.22. The molecule has 2 rings (SSSR count). The van der Waals surface area contributed by atoms with Gasteiger partial charge < -0.3 is 15.0 Å². The molecule has 1 aliphatic rings. The smallest absolute Gasteiger partial charge is 0.123 e. The predicted octanol–water partition coefficient (Wildman–Crippen LogP) is 3.42. The molecule has 0 radical (unpaired) electrons. The van der Waals surface area contributed by atoms with Crippen molar-refractivity contribution in [3.63, 3.8) is 0 Å². The molecule has 4 heteroatoms. The summed E-state index contributed by atoms with van der Waals surface area (Å²) in [6.45, 7) is 5.90. The Balaban J connectivity index is 1.79. The van der Waals surface area contributed by atoms with Crippen molar-refractivity contribution < 1.29 is 4.74 Å². The molecular weight excluding hydrogens is 316 g/mol. The number of halogens is 1. The Labute approximate surface area is 130 Å². The largest absolute Gasteiger partial charge is 0.493 e. The van der Waals surface area contributed by atoms with Gasteiger partial charge in [0.05, 0.1) is 6.61 Å². The van der Waals surface area contributed by atoms with Crippen molar-refractivity contribution in [1.82, 2.24) is 10.2 Å². The maximum absolute atomic E-state index is 5.80. The van der Waals surface area contributed by atoms with Gasteiger partial charge in [-0.25, -0.2) is 0 Å². The van der Waals surface area contributed by atoms with E-state index in [0.717, 1.165) is 48.9 Å². The first-order valence-corrected chi connectivity index (χ1v) is 8.32. The Hall–Kier alpha value is -0.580. The van der Waals surface area contributed by atoms with Crippen LogP contribution in [0.15, 0.2) is 22.7 Å². The van der Waals surface area contributed by atoms with Crippen molar-refractivity contribution in [3.8, 4) is 5.75 Å². The molecule has 0 saturated heterocycles. The number of rotatable bonds is 9. The monoisotopic (exact) mass is 340 g/mol. The summed E-state index contributed by atoms with van der Waals surface area (Å²) in [6.07, 6.45) is 3.78. The van der Waals surface area contributed by atoms with Crippen LogP contribution in [-0.4, -0.2) is 37.7 Å². The van der Waals surface area contributed by atoms with Crippen molar-refractivity contribution >= 4 is 15.9 Å². The summed E-state index contributed by atoms with van der Waals surface area (Å²) in [4.78, 5) is 2.45. The van der Waals surface area contributed by atoms with Gasteiger partial charge in [0.15, 0.2) is 0 Å². The third-order valence-electron chi connectivity index (χ3n) is 3.61. The van der Waals surface area contributed by atoms with Gasteiger partial charge in [0, 0.05) is 35.7 Å². The van der Waals surface area contributed by atoms with E-state index in [2.05, 4.69) is 46.2 Å². The topological polar surface area (TPSA) is 24.5 Å². The van der Waals surface area contributed by atoms with E-state index in [-0.39, 0.29) is 0 Å². The molecule has 1 N–H and O–H groups in total. The third kappa shape index (κ3) is 5.08. The van der Waals surface area contributed by atoms with Crippen LogP contribution in [0.4, 0.5) is 0 Å². The van der Waals surface area contributed by atoms with Crippen LogP contribution in [0.2, 0.25) is 0 Å². The zero-order valence-electron chi connectivity index (χ0n) is 12.5. The van der Waals surface area contributed by atoms with Crippen LogP contribution < -0.4 is 10.1 Å². The highest BCUT2D eigenvalue weighted by Gasteiger charge is 2.25. The minimum Gasteiger partial charge on any atom is -0.493 e. The summed E-state index contributed by atoms with van der Waals surface area (Å²) < 4.78 is 6.90. The van der Waals surface area contributed by atoms with Crippen molar-refractivity contribution in [1.29, 1.82) is 0 Å². The van der Waals surface area contributed by atoms with Crippen molar-refractivity contribution in [3.05, 3.63) is 28.2 Å². The molecule has 0 unspecified atom stereocenters. The number of nitrogens with one attached hydrogen (secondary N) is 1. The van der Waals surface area contributed by atoms with Gasteiger partial charge >= 0.3 is 0 Å². The van der Waals surface area contributed by atoms with Crippen LogP contribution in [-0.2, 0) is 6.54 Å². The fourth-order valence-corrected chi connectivity index (χ4v) is 2.62. The molecule has 20 heavy (non-hydrogen) atoms. The van der Waals surface area contributed by atoms with Crippen molar-refractivity contribution in [2.75, 3.05) is 26.7 Å². The quantitative estimate of drug-likeness (QED) is 0.697. The second-order valence-electron chi connectivity index (χ2n) is 5.49. The molecule has 1 aromatic carbocycles. The molecular formula is C16H25BrN2O. The molecule has 1 fully saturated rings. The average Bonchev–Trinajstić information content (AvgIpc) is 3.27. The van der Waals surface area contributed by atoms with Gasteiger partial charge in [-0.15, -0.1) is 0 Å². The van der Waals surface area contributed by atoms with E-state index in [1.165, 1.54) is 18.4 Å². The molecule has 0 spiro atoms. The first-order valence-electron chi connectivity index (χ1n) is 7.53. The van der Waals surface area contributed by atoms with Crippen LogP contribution >= 0.6 is 15.9 Å². The first-order chi connectivity index (χ1) is 9.70. The number of likely N-dealkylation sites (N-methyl/N-ethyl adjacent to an activating group) is 1. The van der Waals surface area contributed by atoms with Gasteiger partial charge in [-0.05, 0) is 44.5 Å². The summed E-state index contributed by atoms with van der Waals surface area (Å²) >= 11 is 3.53. The maximum atomic E-state index is 5.80. The SMILES string of the molecule is CCCOc1ccc(Br)cc1CNCCN(C)C1CC1. The lowest BCUT2D eigenvalue weighted by Crippen LogP contribution is -2.30. The second-order valence-corrected chi connectivity index (χ2v) is 6.40. The standard InChI is InChI=1S/C16H25BrN2O/c1-3-10-20-16-7-4-14(17)11-13(16)12-18-8-9-19(2)15-5-6-15/h4,7,11,15,18H,3,5-6,8-10,12H2,1-2H3. The van der Waals surface area contributed by atoms with Gasteiger partial charge in [-0.2, -0.15) is 0 Å². The summed E-state index contributed by atoms with van der Waals surface area (Å²) in [5.74, 6) is 0.998. The molecule has 0 heterocycles. The number of ether oxygens (including phenoxy) is 1. The Morgan fingerprint density at radius 2 is 2.20 bits per heavy atom. The van der Waals surface area contributed by atoms with E-state index in [1.54, 1.807) is 0 Å². The number of nitrogens with zero attached hydrogens (tertiary/aromatic N) is 1. The summed E-state index contributed by atoms with van der Waals surface area (Å²) in [5, 5.41) is 3.52. The summed E-state index contributed by atoms with van der Waals surface area (Å²) in [6, 6.07) is 7.07. The Kier molecular flexibility index (Phi) is 6.33. The molecule has 1 aromatic rings. The zero-order chi connectivity index (χ0) is 14.4. The molecule has 1 saturated carbocycles. The Morgan fingerprint density at radius 1 is 1.40 bits per heavy atom. The lowest BCUT2D eigenvalue weighted by atomic mass is 10.2. The summed E-state index contributed by atoms with van der Waals surface area (Å²) in [7, 11) is 2.22. The van der Waals surface area contributed by atoms with Crippen molar-refractivity contribution in [2.24, 2.45) is 0 Å². The lowest BCUT2D eigenvalue weighted by Gasteiger charge is -2.16. The molecule has 0 bridgehead atoms. The number of hydrogen-bond donors (Lipinski definition) is 1. The van der Waals surface area contributed by atoms with E-state index in [1.807, 2.05) is 12.1 Å². The van der Waals surface area contributed by atoms with E-state index >= 15 is 0 Å². The number of hydrogen-bond acceptors (Lipinski definition) is 3. The molecule has 3 nitrogen and oxygen atoms in total. The van der Waals surface area contributed by atoms with Gasteiger partial charge in [-0.3, -0.25) is 0 Å². The van der Waals surface area contributed by atoms with Crippen LogP contribution in [0.3, 0.4) is 0 Å². The highest BCUT2D eigenvalue weighted by molar-refractivity contribution is 9.10. The lowest BCUT2D eigenvalue weighted by molar-refractivity contribution is 0.309. The highest BCUT2D eigenvalue weighted by Crippen LogP contribution is 2.25. The number of benzene rings is 1. The molecule has 0 aliphatic heterocycles. The highest BCUT2D eigenvalue weighted by atomic mass is 79.9. The third-order valence-corrected chi connectivity index (χ3v) is 4.10. The minimum absolute atomic E-state index is 0.777. The van der Waals surface area contributed by atoms with Crippen LogP contribution in [0.5, 0.6) is 5.75 Å². The van der Waals surface area contributed by atoms with E-state index in [9.17, 15) is 0 Å². The molecule has 0 atom stereocenters. The average molecular weight is 341 g/mol. The Morgan fingerprint density at radius 3 is 2.90 bits per heavy atom. The molecule has 0 aromatic heterocycles. The fraction of sp³-hybridized carbons (Fsp3) is 0.625.